The van der Waals surface area contributed by atoms with Crippen molar-refractivity contribution in [2.75, 3.05) is 26.1 Å². The van der Waals surface area contributed by atoms with E-state index in [1.165, 1.54) is 0 Å². The molecule has 1 amide bonds. The molecule has 2 aromatic carbocycles. The largest absolute Gasteiger partial charge is 0.493 e. The van der Waals surface area contributed by atoms with Crippen LogP contribution >= 0.6 is 0 Å². The van der Waals surface area contributed by atoms with E-state index in [1.54, 1.807) is 14.2 Å². The molecule has 1 heterocycles. The molecule has 25 heavy (non-hydrogen) atoms. The Morgan fingerprint density at radius 3 is 2.72 bits per heavy atom. The first-order valence-corrected chi connectivity index (χ1v) is 8.38. The molecule has 1 atom stereocenters. The molecule has 5 heteroatoms. The molecule has 0 saturated heterocycles. The zero-order valence-electron chi connectivity index (χ0n) is 14.8. The summed E-state index contributed by atoms with van der Waals surface area (Å²) in [5, 5.41) is 2.99. The second kappa shape index (κ2) is 7.47. The number of fused-ring (bicyclic) bond motifs is 1. The highest BCUT2D eigenvalue weighted by molar-refractivity contribution is 5.92. The maximum atomic E-state index is 12.5. The summed E-state index contributed by atoms with van der Waals surface area (Å²) in [6.07, 6.45) is 1.51. The predicted octanol–water partition coefficient (Wildman–Crippen LogP) is 3.46. The van der Waals surface area contributed by atoms with E-state index < -0.39 is 0 Å². The number of hydrogen-bond donors (Lipinski definition) is 1. The second-order valence-corrected chi connectivity index (χ2v) is 6.20. The summed E-state index contributed by atoms with van der Waals surface area (Å²) in [7, 11) is 3.21. The Bertz CT molecular complexity index is 772. The van der Waals surface area contributed by atoms with Gasteiger partial charge < -0.3 is 19.5 Å². The van der Waals surface area contributed by atoms with E-state index in [0.29, 0.717) is 24.5 Å². The van der Waals surface area contributed by atoms with E-state index in [1.807, 2.05) is 43.3 Å². The summed E-state index contributed by atoms with van der Waals surface area (Å²) in [5.41, 5.74) is 2.99. The maximum absolute atomic E-state index is 12.5. The van der Waals surface area contributed by atoms with Crippen molar-refractivity contribution in [2.45, 2.75) is 19.8 Å². The van der Waals surface area contributed by atoms with Crippen LogP contribution in [0.25, 0.3) is 0 Å². The van der Waals surface area contributed by atoms with Gasteiger partial charge in [0, 0.05) is 18.0 Å². The highest BCUT2D eigenvalue weighted by Gasteiger charge is 2.17. The van der Waals surface area contributed by atoms with Crippen LogP contribution in [-0.4, -0.2) is 26.7 Å². The van der Waals surface area contributed by atoms with Crippen molar-refractivity contribution in [3.8, 4) is 17.2 Å². The zero-order valence-corrected chi connectivity index (χ0v) is 14.8. The molecule has 1 unspecified atom stereocenters. The molecular weight excluding hydrogens is 318 g/mol. The molecule has 5 nitrogen and oxygen atoms in total. The van der Waals surface area contributed by atoms with Gasteiger partial charge in [-0.1, -0.05) is 13.0 Å². The lowest BCUT2D eigenvalue weighted by molar-refractivity contribution is -0.119. The molecule has 0 saturated carbocycles. The maximum Gasteiger partial charge on any atom is 0.227 e. The topological polar surface area (TPSA) is 56.8 Å². The number of methoxy groups -OCH3 is 2. The van der Waals surface area contributed by atoms with Gasteiger partial charge in [0.25, 0.3) is 0 Å². The minimum Gasteiger partial charge on any atom is -0.493 e. The quantitative estimate of drug-likeness (QED) is 0.874. The monoisotopic (exact) mass is 341 g/mol. The number of rotatable bonds is 6. The van der Waals surface area contributed by atoms with Crippen LogP contribution in [0.1, 0.15) is 18.1 Å². The van der Waals surface area contributed by atoms with Crippen molar-refractivity contribution < 1.29 is 19.0 Å². The van der Waals surface area contributed by atoms with Crippen LogP contribution in [-0.2, 0) is 17.6 Å². The van der Waals surface area contributed by atoms with Gasteiger partial charge in [0.1, 0.15) is 5.75 Å². The Morgan fingerprint density at radius 1 is 1.16 bits per heavy atom. The SMILES string of the molecule is COc1ccc(CC(C)C(=O)Nc2ccc3c(c2)CCO3)cc1OC. The lowest BCUT2D eigenvalue weighted by Gasteiger charge is -2.14. The number of carbonyl (C=O) groups is 1. The zero-order chi connectivity index (χ0) is 17.8. The Kier molecular flexibility index (Phi) is 5.12. The molecule has 132 valence electrons. The molecular formula is C20H23NO4. The second-order valence-electron chi connectivity index (χ2n) is 6.20. The van der Waals surface area contributed by atoms with Crippen molar-refractivity contribution in [1.29, 1.82) is 0 Å². The van der Waals surface area contributed by atoms with Crippen LogP contribution in [0.4, 0.5) is 5.69 Å². The predicted molar refractivity (Wildman–Crippen MR) is 96.7 cm³/mol. The minimum atomic E-state index is -0.164. The van der Waals surface area contributed by atoms with Crippen molar-refractivity contribution in [2.24, 2.45) is 5.92 Å². The molecule has 0 spiro atoms. The summed E-state index contributed by atoms with van der Waals surface area (Å²) in [5.74, 6) is 2.10. The highest BCUT2D eigenvalue weighted by atomic mass is 16.5. The Morgan fingerprint density at radius 2 is 1.96 bits per heavy atom. The van der Waals surface area contributed by atoms with Gasteiger partial charge in [0.05, 0.1) is 20.8 Å². The number of hydrogen-bond acceptors (Lipinski definition) is 4. The first-order valence-electron chi connectivity index (χ1n) is 8.38. The van der Waals surface area contributed by atoms with Crippen molar-refractivity contribution in [3.63, 3.8) is 0 Å². The number of amides is 1. The first-order chi connectivity index (χ1) is 12.1. The molecule has 3 rings (SSSR count). The minimum absolute atomic E-state index is 0.00588. The molecule has 1 N–H and O–H groups in total. The number of nitrogens with one attached hydrogen (secondary N) is 1. The van der Waals surface area contributed by atoms with E-state index in [-0.39, 0.29) is 11.8 Å². The fourth-order valence-corrected chi connectivity index (χ4v) is 2.98. The van der Waals surface area contributed by atoms with Gasteiger partial charge in [-0.2, -0.15) is 0 Å². The molecule has 1 aliphatic heterocycles. The van der Waals surface area contributed by atoms with E-state index >= 15 is 0 Å². The normalized spacial score (nSPS) is 13.6. The number of benzene rings is 2. The van der Waals surface area contributed by atoms with E-state index in [9.17, 15) is 4.79 Å². The molecule has 0 aromatic heterocycles. The Labute approximate surface area is 147 Å². The fraction of sp³-hybridized carbons (Fsp3) is 0.350. The van der Waals surface area contributed by atoms with Crippen LogP contribution in [0, 0.1) is 5.92 Å². The number of ether oxygens (including phenoxy) is 3. The van der Waals surface area contributed by atoms with Crippen LogP contribution in [0.3, 0.4) is 0 Å². The lowest BCUT2D eigenvalue weighted by Crippen LogP contribution is -2.22. The molecule has 0 aliphatic carbocycles. The highest BCUT2D eigenvalue weighted by Crippen LogP contribution is 2.30. The summed E-state index contributed by atoms with van der Waals surface area (Å²) in [6.45, 7) is 2.63. The van der Waals surface area contributed by atoms with Crippen molar-refractivity contribution in [3.05, 3.63) is 47.5 Å². The van der Waals surface area contributed by atoms with E-state index in [2.05, 4.69) is 5.32 Å². The smallest absolute Gasteiger partial charge is 0.227 e. The van der Waals surface area contributed by atoms with E-state index in [4.69, 9.17) is 14.2 Å². The third-order valence-corrected chi connectivity index (χ3v) is 4.39. The van der Waals surface area contributed by atoms with Crippen molar-refractivity contribution in [1.82, 2.24) is 0 Å². The standard InChI is InChI=1S/C20H23NO4/c1-13(10-14-4-6-18(23-2)19(11-14)24-3)20(22)21-16-5-7-17-15(12-16)8-9-25-17/h4-7,11-13H,8-10H2,1-3H3,(H,21,22). The Hall–Kier alpha value is -2.69. The Balaban J connectivity index is 1.64. The van der Waals surface area contributed by atoms with Gasteiger partial charge in [-0.05, 0) is 47.9 Å². The molecule has 2 aromatic rings. The van der Waals surface area contributed by atoms with E-state index in [0.717, 1.165) is 29.0 Å². The summed E-state index contributed by atoms with van der Waals surface area (Å²) < 4.78 is 16.1. The van der Waals surface area contributed by atoms with Crippen LogP contribution in [0.15, 0.2) is 36.4 Å². The van der Waals surface area contributed by atoms with Gasteiger partial charge >= 0.3 is 0 Å². The average Bonchev–Trinajstić information content (AvgIpc) is 3.09. The first kappa shape index (κ1) is 17.1. The molecule has 0 radical (unpaired) electrons. The van der Waals surface area contributed by atoms with Crippen LogP contribution in [0.5, 0.6) is 17.2 Å². The summed E-state index contributed by atoms with van der Waals surface area (Å²) in [4.78, 5) is 12.5. The summed E-state index contributed by atoms with van der Waals surface area (Å²) >= 11 is 0. The van der Waals surface area contributed by atoms with Gasteiger partial charge in [-0.15, -0.1) is 0 Å². The summed E-state index contributed by atoms with van der Waals surface area (Å²) in [6, 6.07) is 11.5. The van der Waals surface area contributed by atoms with Crippen LogP contribution in [0.2, 0.25) is 0 Å². The third kappa shape index (κ3) is 3.87. The molecule has 0 fully saturated rings. The lowest BCUT2D eigenvalue weighted by atomic mass is 9.99. The number of anilines is 1. The third-order valence-electron chi connectivity index (χ3n) is 4.39. The van der Waals surface area contributed by atoms with Gasteiger partial charge in [-0.3, -0.25) is 4.79 Å². The average molecular weight is 341 g/mol. The molecule has 1 aliphatic rings. The van der Waals surface area contributed by atoms with Crippen molar-refractivity contribution >= 4 is 11.6 Å². The van der Waals surface area contributed by atoms with Gasteiger partial charge in [0.15, 0.2) is 11.5 Å². The molecule has 0 bridgehead atoms. The van der Waals surface area contributed by atoms with Gasteiger partial charge in [0.2, 0.25) is 5.91 Å². The van der Waals surface area contributed by atoms with Gasteiger partial charge in [-0.25, -0.2) is 0 Å². The van der Waals surface area contributed by atoms with Crippen LogP contribution < -0.4 is 19.5 Å². The number of carbonyl (C=O) groups excluding carboxylic acids is 1. The fourth-order valence-electron chi connectivity index (χ4n) is 2.98.